The average Bonchev–Trinajstić information content (AvgIpc) is 2.72. The molecule has 0 spiro atoms. The minimum Gasteiger partial charge on any atom is -0.478 e. The molecule has 156 valence electrons. The normalized spacial score (nSPS) is 13.7. The summed E-state index contributed by atoms with van der Waals surface area (Å²) >= 11 is 0. The molecule has 0 amide bonds. The standard InChI is InChI=1S/C17H15N5O8/c23-17(24)11-9-14(21(27)28)16(15(10-11)22(29)30)19-7-5-18(6-8-19)12-1-3-13(4-2-12)20(25)26/h1-4,9-10H,5-8H2,(H,23,24). The summed E-state index contributed by atoms with van der Waals surface area (Å²) in [5.41, 5.74) is -1.41. The van der Waals surface area contributed by atoms with Crippen molar-refractivity contribution in [2.24, 2.45) is 0 Å². The molecule has 0 aromatic heterocycles. The maximum atomic E-state index is 11.5. The number of nitrogens with zero attached hydrogens (tertiary/aromatic N) is 5. The molecule has 0 unspecified atom stereocenters. The van der Waals surface area contributed by atoms with Crippen molar-refractivity contribution in [3.05, 3.63) is 72.3 Å². The molecule has 1 N–H and O–H groups in total. The Morgan fingerprint density at radius 1 is 0.800 bits per heavy atom. The van der Waals surface area contributed by atoms with E-state index in [-0.39, 0.29) is 24.5 Å². The van der Waals surface area contributed by atoms with Gasteiger partial charge in [-0.2, -0.15) is 0 Å². The van der Waals surface area contributed by atoms with Crippen LogP contribution >= 0.6 is 0 Å². The van der Waals surface area contributed by atoms with Crippen LogP contribution in [0, 0.1) is 30.3 Å². The molecule has 0 atom stereocenters. The van der Waals surface area contributed by atoms with Gasteiger partial charge in [-0.3, -0.25) is 30.3 Å². The summed E-state index contributed by atoms with van der Waals surface area (Å²) in [7, 11) is 0. The Hall–Kier alpha value is -4.29. The van der Waals surface area contributed by atoms with Crippen LogP contribution < -0.4 is 9.80 Å². The van der Waals surface area contributed by atoms with Crippen molar-refractivity contribution < 1.29 is 24.7 Å². The molecule has 1 heterocycles. The fourth-order valence-corrected chi connectivity index (χ4v) is 3.30. The topological polar surface area (TPSA) is 173 Å². The molecule has 1 aliphatic rings. The van der Waals surface area contributed by atoms with E-state index in [0.29, 0.717) is 18.8 Å². The van der Waals surface area contributed by atoms with Gasteiger partial charge in [-0.05, 0) is 12.1 Å². The summed E-state index contributed by atoms with van der Waals surface area (Å²) < 4.78 is 0. The van der Waals surface area contributed by atoms with Crippen LogP contribution in [0.15, 0.2) is 36.4 Å². The van der Waals surface area contributed by atoms with Gasteiger partial charge in [0.05, 0.1) is 20.3 Å². The van der Waals surface area contributed by atoms with Crippen molar-refractivity contribution in [2.45, 2.75) is 0 Å². The van der Waals surface area contributed by atoms with Gasteiger partial charge in [0.15, 0.2) is 5.69 Å². The first-order valence-electron chi connectivity index (χ1n) is 8.63. The number of rotatable bonds is 6. The van der Waals surface area contributed by atoms with E-state index in [9.17, 15) is 35.1 Å². The second kappa shape index (κ2) is 7.98. The van der Waals surface area contributed by atoms with Crippen molar-refractivity contribution >= 4 is 34.4 Å². The van der Waals surface area contributed by atoms with Crippen LogP contribution in [0.5, 0.6) is 0 Å². The van der Waals surface area contributed by atoms with Crippen LogP contribution in [0.3, 0.4) is 0 Å². The smallest absolute Gasteiger partial charge is 0.336 e. The van der Waals surface area contributed by atoms with Gasteiger partial charge in [0.1, 0.15) is 0 Å². The second-order valence-corrected chi connectivity index (χ2v) is 6.43. The van der Waals surface area contributed by atoms with Crippen molar-refractivity contribution in [2.75, 3.05) is 36.0 Å². The van der Waals surface area contributed by atoms with Crippen molar-refractivity contribution in [3.63, 3.8) is 0 Å². The molecule has 1 fully saturated rings. The third-order valence-electron chi connectivity index (χ3n) is 4.73. The van der Waals surface area contributed by atoms with E-state index in [0.717, 1.165) is 12.1 Å². The summed E-state index contributed by atoms with van der Waals surface area (Å²) in [5.74, 6) is -1.50. The highest BCUT2D eigenvalue weighted by Crippen LogP contribution is 2.39. The highest BCUT2D eigenvalue weighted by molar-refractivity contribution is 5.92. The third kappa shape index (κ3) is 3.94. The van der Waals surface area contributed by atoms with Crippen molar-refractivity contribution in [1.29, 1.82) is 0 Å². The molecule has 30 heavy (non-hydrogen) atoms. The SMILES string of the molecule is O=C(O)c1cc([N+](=O)[O-])c(N2CCN(c3ccc([N+](=O)[O-])cc3)CC2)c([N+](=O)[O-])c1. The van der Waals surface area contributed by atoms with Gasteiger partial charge < -0.3 is 14.9 Å². The largest absolute Gasteiger partial charge is 0.478 e. The van der Waals surface area contributed by atoms with E-state index in [1.54, 1.807) is 12.1 Å². The zero-order valence-electron chi connectivity index (χ0n) is 15.3. The predicted molar refractivity (Wildman–Crippen MR) is 104 cm³/mol. The number of carboxylic acids is 1. The summed E-state index contributed by atoms with van der Waals surface area (Å²) in [6.07, 6.45) is 0. The van der Waals surface area contributed by atoms with E-state index in [2.05, 4.69) is 0 Å². The molecule has 1 saturated heterocycles. The molecule has 1 aliphatic heterocycles. The lowest BCUT2D eigenvalue weighted by molar-refractivity contribution is -0.392. The first-order valence-corrected chi connectivity index (χ1v) is 8.63. The summed E-state index contributed by atoms with van der Waals surface area (Å²) in [6.45, 7) is 1.11. The van der Waals surface area contributed by atoms with Crippen LogP contribution in [0.2, 0.25) is 0 Å². The zero-order chi connectivity index (χ0) is 22.0. The first-order chi connectivity index (χ1) is 14.2. The Bertz CT molecular complexity index is 996. The van der Waals surface area contributed by atoms with E-state index < -0.39 is 37.7 Å². The fourth-order valence-electron chi connectivity index (χ4n) is 3.30. The molecule has 2 aromatic rings. The van der Waals surface area contributed by atoms with Gasteiger partial charge in [0, 0.05) is 56.1 Å². The van der Waals surface area contributed by atoms with E-state index >= 15 is 0 Å². The molecule has 3 rings (SSSR count). The number of nitro benzene ring substituents is 3. The highest BCUT2D eigenvalue weighted by atomic mass is 16.6. The van der Waals surface area contributed by atoms with Crippen LogP contribution in [0.25, 0.3) is 0 Å². The number of hydrogen-bond donors (Lipinski definition) is 1. The third-order valence-corrected chi connectivity index (χ3v) is 4.73. The molecule has 0 bridgehead atoms. The number of piperazine rings is 1. The van der Waals surface area contributed by atoms with Gasteiger partial charge in [-0.1, -0.05) is 0 Å². The Balaban J connectivity index is 1.89. The molecule has 13 nitrogen and oxygen atoms in total. The molecule has 0 saturated carbocycles. The molecule has 13 heteroatoms. The number of aromatic carboxylic acids is 1. The van der Waals surface area contributed by atoms with Gasteiger partial charge >= 0.3 is 17.3 Å². The quantitative estimate of drug-likeness (QED) is 0.543. The fraction of sp³-hybridized carbons (Fsp3) is 0.235. The number of benzene rings is 2. The van der Waals surface area contributed by atoms with Crippen LogP contribution in [-0.4, -0.2) is 52.0 Å². The Morgan fingerprint density at radius 2 is 1.27 bits per heavy atom. The van der Waals surface area contributed by atoms with E-state index in [4.69, 9.17) is 5.11 Å². The highest BCUT2D eigenvalue weighted by Gasteiger charge is 2.34. The lowest BCUT2D eigenvalue weighted by Crippen LogP contribution is -2.46. The lowest BCUT2D eigenvalue weighted by atomic mass is 10.1. The minimum absolute atomic E-state index is 0.0536. The molecule has 0 radical (unpaired) electrons. The maximum Gasteiger partial charge on any atom is 0.336 e. The number of non-ortho nitro benzene ring substituents is 1. The van der Waals surface area contributed by atoms with Gasteiger partial charge in [-0.25, -0.2) is 4.79 Å². The minimum atomic E-state index is -1.50. The summed E-state index contributed by atoms with van der Waals surface area (Å²) in [6, 6.07) is 7.52. The number of anilines is 2. The van der Waals surface area contributed by atoms with E-state index in [1.807, 2.05) is 4.90 Å². The second-order valence-electron chi connectivity index (χ2n) is 6.43. The summed E-state index contributed by atoms with van der Waals surface area (Å²) in [5, 5.41) is 42.8. The van der Waals surface area contributed by atoms with Gasteiger partial charge in [-0.15, -0.1) is 0 Å². The predicted octanol–water partition coefficient (Wildman–Crippen LogP) is 2.44. The average molecular weight is 417 g/mol. The van der Waals surface area contributed by atoms with E-state index in [1.165, 1.54) is 17.0 Å². The van der Waals surface area contributed by atoms with Crippen molar-refractivity contribution in [1.82, 2.24) is 0 Å². The first kappa shape index (κ1) is 20.4. The monoisotopic (exact) mass is 417 g/mol. The Morgan fingerprint density at radius 3 is 1.67 bits per heavy atom. The number of carboxylic acid groups (broad SMARTS) is 1. The number of nitro groups is 3. The van der Waals surface area contributed by atoms with Gasteiger partial charge in [0.2, 0.25) is 0 Å². The Kier molecular flexibility index (Phi) is 5.44. The molecule has 0 aliphatic carbocycles. The van der Waals surface area contributed by atoms with Crippen molar-refractivity contribution in [3.8, 4) is 0 Å². The molecular weight excluding hydrogens is 402 g/mol. The Labute approximate surface area is 168 Å². The van der Waals surface area contributed by atoms with Crippen LogP contribution in [0.1, 0.15) is 10.4 Å². The number of hydrogen-bond acceptors (Lipinski definition) is 9. The van der Waals surface area contributed by atoms with Crippen LogP contribution in [-0.2, 0) is 0 Å². The summed E-state index contributed by atoms with van der Waals surface area (Å²) in [4.78, 5) is 46.1. The molecular formula is C17H15N5O8. The van der Waals surface area contributed by atoms with Gasteiger partial charge in [0.25, 0.3) is 5.69 Å². The maximum absolute atomic E-state index is 11.5. The van der Waals surface area contributed by atoms with Crippen LogP contribution in [0.4, 0.5) is 28.4 Å². The lowest BCUT2D eigenvalue weighted by Gasteiger charge is -2.36. The molecule has 2 aromatic carbocycles. The zero-order valence-corrected chi connectivity index (χ0v) is 15.3. The number of carbonyl (C=O) groups is 1.